The topological polar surface area (TPSA) is 12.4 Å². The van der Waals surface area contributed by atoms with Crippen molar-refractivity contribution in [3.8, 4) is 0 Å². The third-order valence-corrected chi connectivity index (χ3v) is 2.98. The highest BCUT2D eigenvalue weighted by atomic mass is 31.0. The number of nitrogens with zero attached hydrogens (tertiary/aromatic N) is 1. The van der Waals surface area contributed by atoms with Crippen molar-refractivity contribution in [2.45, 2.75) is 45.1 Å². The summed E-state index contributed by atoms with van der Waals surface area (Å²) in [5, 5.41) is 0. The fourth-order valence-electron chi connectivity index (χ4n) is 1.52. The van der Waals surface area contributed by atoms with E-state index >= 15 is 0 Å². The summed E-state index contributed by atoms with van der Waals surface area (Å²) in [6.07, 6.45) is 6.63. The Labute approximate surface area is 77.6 Å². The summed E-state index contributed by atoms with van der Waals surface area (Å²) in [4.78, 5) is 4.62. The molecule has 0 aromatic carbocycles. The fraction of sp³-hybridized carbons (Fsp3) is 0.700. The zero-order valence-electron chi connectivity index (χ0n) is 7.84. The van der Waals surface area contributed by atoms with Crippen LogP contribution in [0.5, 0.6) is 0 Å². The third kappa shape index (κ3) is 3.06. The highest BCUT2D eigenvalue weighted by Crippen LogP contribution is 2.21. The van der Waals surface area contributed by atoms with Gasteiger partial charge in [0.2, 0.25) is 0 Å². The maximum atomic E-state index is 4.62. The van der Waals surface area contributed by atoms with E-state index < -0.39 is 0 Å². The molecule has 1 atom stereocenters. The summed E-state index contributed by atoms with van der Waals surface area (Å²) in [5.74, 6) is 0. The smallest absolute Gasteiger partial charge is 0.0540 e. The van der Waals surface area contributed by atoms with Crippen LogP contribution in [0.2, 0.25) is 0 Å². The van der Waals surface area contributed by atoms with Crippen LogP contribution in [0.1, 0.15) is 39.0 Å². The van der Waals surface area contributed by atoms with Crippen molar-refractivity contribution >= 4 is 14.7 Å². The van der Waals surface area contributed by atoms with Gasteiger partial charge in [-0.1, -0.05) is 35.1 Å². The van der Waals surface area contributed by atoms with E-state index in [1.165, 1.54) is 32.1 Å². The van der Waals surface area contributed by atoms with E-state index in [0.29, 0.717) is 6.04 Å². The predicted octanol–water partition coefficient (Wildman–Crippen LogP) is 3.17. The van der Waals surface area contributed by atoms with E-state index in [4.69, 9.17) is 0 Å². The van der Waals surface area contributed by atoms with Crippen molar-refractivity contribution in [1.29, 1.82) is 0 Å². The maximum absolute atomic E-state index is 4.62. The van der Waals surface area contributed by atoms with Gasteiger partial charge in [0, 0.05) is 0 Å². The lowest BCUT2D eigenvalue weighted by Gasteiger charge is -2.18. The lowest BCUT2D eigenvalue weighted by Crippen LogP contribution is -2.11. The third-order valence-electron chi connectivity index (χ3n) is 2.33. The van der Waals surface area contributed by atoms with E-state index in [2.05, 4.69) is 20.8 Å². The van der Waals surface area contributed by atoms with Crippen LogP contribution in [0.25, 0.3) is 0 Å². The van der Waals surface area contributed by atoms with Crippen LogP contribution in [0.4, 0.5) is 0 Å². The molecule has 1 aliphatic carbocycles. The summed E-state index contributed by atoms with van der Waals surface area (Å²) in [6.45, 7) is 5.88. The molecule has 0 saturated heterocycles. The van der Waals surface area contributed by atoms with Gasteiger partial charge in [-0.3, -0.25) is 4.99 Å². The number of hydrogen-bond acceptors (Lipinski definition) is 1. The minimum atomic E-state index is 0.572. The molecule has 1 rings (SSSR count). The van der Waals surface area contributed by atoms with Crippen molar-refractivity contribution in [3.63, 3.8) is 0 Å². The van der Waals surface area contributed by atoms with Crippen molar-refractivity contribution in [2.75, 3.05) is 0 Å². The Balaban J connectivity index is 2.47. The zero-order valence-corrected chi connectivity index (χ0v) is 9.00. The van der Waals surface area contributed by atoms with Gasteiger partial charge in [0.1, 0.15) is 0 Å². The second-order valence-corrected chi connectivity index (χ2v) is 4.13. The first kappa shape index (κ1) is 9.92. The second-order valence-electron chi connectivity index (χ2n) is 3.59. The zero-order chi connectivity index (χ0) is 8.97. The van der Waals surface area contributed by atoms with Gasteiger partial charge >= 0.3 is 0 Å². The van der Waals surface area contributed by atoms with Crippen LogP contribution in [-0.2, 0) is 0 Å². The molecular weight excluding hydrogens is 165 g/mol. The maximum Gasteiger partial charge on any atom is 0.0540 e. The molecular formula is C10H18NP. The predicted molar refractivity (Wildman–Crippen MR) is 58.8 cm³/mol. The van der Waals surface area contributed by atoms with E-state index in [-0.39, 0.29) is 0 Å². The number of aliphatic imine (C=N–C) groups is 1. The highest BCUT2D eigenvalue weighted by molar-refractivity contribution is 7.42. The monoisotopic (exact) mass is 183 g/mol. The molecule has 1 saturated carbocycles. The minimum absolute atomic E-state index is 0.572. The average molecular weight is 183 g/mol. The van der Waals surface area contributed by atoms with Crippen molar-refractivity contribution in [2.24, 2.45) is 4.99 Å². The molecule has 1 nitrogen and oxygen atoms in total. The van der Waals surface area contributed by atoms with Crippen LogP contribution in [0.15, 0.2) is 17.1 Å². The summed E-state index contributed by atoms with van der Waals surface area (Å²) >= 11 is 0. The highest BCUT2D eigenvalue weighted by Gasteiger charge is 2.11. The van der Waals surface area contributed by atoms with Crippen LogP contribution in [-0.4, -0.2) is 11.5 Å². The summed E-state index contributed by atoms with van der Waals surface area (Å²) in [5.41, 5.74) is 2.13. The Bertz CT molecular complexity index is 190. The van der Waals surface area contributed by atoms with E-state index in [1.807, 2.05) is 6.92 Å². The lowest BCUT2D eigenvalue weighted by molar-refractivity contribution is 0.444. The van der Waals surface area contributed by atoms with E-state index in [9.17, 15) is 0 Å². The normalized spacial score (nSPS) is 21.0. The van der Waals surface area contributed by atoms with Crippen molar-refractivity contribution in [3.05, 3.63) is 12.2 Å². The molecule has 0 bridgehead atoms. The molecule has 0 aromatic rings. The van der Waals surface area contributed by atoms with Gasteiger partial charge in [-0.25, -0.2) is 0 Å². The molecule has 0 amide bonds. The Morgan fingerprint density at radius 3 is 2.42 bits per heavy atom. The number of rotatable bonds is 2. The van der Waals surface area contributed by atoms with Gasteiger partial charge in [-0.15, -0.1) is 0 Å². The molecule has 68 valence electrons. The Hall–Kier alpha value is -0.160. The molecule has 0 aromatic heterocycles. The molecule has 1 fully saturated rings. The first-order valence-corrected chi connectivity index (χ1v) is 5.27. The molecule has 0 aliphatic heterocycles. The van der Waals surface area contributed by atoms with Gasteiger partial charge in [-0.05, 0) is 25.3 Å². The molecule has 0 heterocycles. The van der Waals surface area contributed by atoms with Crippen LogP contribution in [0.3, 0.4) is 0 Å². The fourth-order valence-corrected chi connectivity index (χ4v) is 1.73. The molecule has 0 spiro atoms. The molecule has 0 N–H and O–H groups in total. The number of hydrogen-bond donors (Lipinski definition) is 0. The van der Waals surface area contributed by atoms with Gasteiger partial charge < -0.3 is 0 Å². The lowest BCUT2D eigenvalue weighted by atomic mass is 9.96. The minimum Gasteiger partial charge on any atom is -0.282 e. The van der Waals surface area contributed by atoms with Crippen molar-refractivity contribution < 1.29 is 0 Å². The second kappa shape index (κ2) is 4.77. The van der Waals surface area contributed by atoms with Gasteiger partial charge in [0.15, 0.2) is 0 Å². The van der Waals surface area contributed by atoms with Crippen LogP contribution in [0, 0.1) is 0 Å². The Morgan fingerprint density at radius 1 is 1.33 bits per heavy atom. The summed E-state index contributed by atoms with van der Waals surface area (Å²) in [7, 11) is 2.67. The Kier molecular flexibility index (Phi) is 3.94. The quantitative estimate of drug-likeness (QED) is 0.460. The van der Waals surface area contributed by atoms with Crippen LogP contribution >= 0.6 is 9.24 Å². The molecule has 1 aliphatic rings. The first-order valence-electron chi connectivity index (χ1n) is 4.69. The van der Waals surface area contributed by atoms with Gasteiger partial charge in [-0.2, -0.15) is 0 Å². The van der Waals surface area contributed by atoms with Gasteiger partial charge in [0.05, 0.1) is 11.5 Å². The SMILES string of the molecule is C=C(C)C(P)=NC1CCCCC1. The average Bonchev–Trinajstić information content (AvgIpc) is 2.06. The molecule has 2 heteroatoms. The first-order chi connectivity index (χ1) is 5.70. The molecule has 1 unspecified atom stereocenters. The summed E-state index contributed by atoms with van der Waals surface area (Å²) in [6, 6.07) is 0.572. The largest absolute Gasteiger partial charge is 0.282 e. The van der Waals surface area contributed by atoms with E-state index in [1.54, 1.807) is 0 Å². The number of allylic oxidation sites excluding steroid dienone is 1. The Morgan fingerprint density at radius 2 is 1.92 bits per heavy atom. The molecule has 12 heavy (non-hydrogen) atoms. The molecule has 0 radical (unpaired) electrons. The van der Waals surface area contributed by atoms with E-state index in [0.717, 1.165) is 11.0 Å². The van der Waals surface area contributed by atoms with Crippen LogP contribution < -0.4 is 0 Å². The van der Waals surface area contributed by atoms with Crippen molar-refractivity contribution in [1.82, 2.24) is 0 Å². The van der Waals surface area contributed by atoms with Gasteiger partial charge in [0.25, 0.3) is 0 Å². The summed E-state index contributed by atoms with van der Waals surface area (Å²) < 4.78 is 0. The standard InChI is InChI=1S/C10H18NP/c1-8(2)10(12)11-9-6-4-3-5-7-9/h9H,1,3-7,12H2,2H3.